The molecule has 0 aromatic heterocycles. The highest BCUT2D eigenvalue weighted by Crippen LogP contribution is 2.50. The van der Waals surface area contributed by atoms with Crippen LogP contribution in [0, 0.1) is 0 Å². The van der Waals surface area contributed by atoms with Crippen LogP contribution in [-0.2, 0) is 16.0 Å². The summed E-state index contributed by atoms with van der Waals surface area (Å²) in [5.41, 5.74) is 2.55. The zero-order valence-electron chi connectivity index (χ0n) is 22.0. The number of hydrogen-bond donors (Lipinski definition) is 5. The summed E-state index contributed by atoms with van der Waals surface area (Å²) in [6.07, 6.45) is -4.64. The van der Waals surface area contributed by atoms with Crippen LogP contribution < -0.4 is 25.0 Å². The Morgan fingerprint density at radius 2 is 1.82 bits per heavy atom. The number of thioether (sulfide) groups is 1. The predicted octanol–water partition coefficient (Wildman–Crippen LogP) is 0.755. The fourth-order valence-electron chi connectivity index (χ4n) is 5.09. The second-order valence-corrected chi connectivity index (χ2v) is 10.2. The SMILES string of the molecule is COc1c(O[C@H]2O[C@@H](CO)[C@@H](O)[C@@H](O)[C@H]2O)cc2c(c1OC)-c1ccc(SC)c(=O)cc1[C@@H](NC(C)=O)CC2. The highest BCUT2D eigenvalue weighted by atomic mass is 32.2. The second-order valence-electron chi connectivity index (χ2n) is 9.36. The third-order valence-corrected chi connectivity index (χ3v) is 7.75. The van der Waals surface area contributed by atoms with E-state index in [-0.39, 0.29) is 22.8 Å². The van der Waals surface area contributed by atoms with E-state index in [2.05, 4.69) is 5.32 Å². The van der Waals surface area contributed by atoms with Crippen molar-refractivity contribution in [2.24, 2.45) is 0 Å². The first kappa shape index (κ1) is 29.1. The lowest BCUT2D eigenvalue weighted by Crippen LogP contribution is -2.60. The highest BCUT2D eigenvalue weighted by Gasteiger charge is 2.45. The van der Waals surface area contributed by atoms with E-state index in [1.54, 1.807) is 18.2 Å². The minimum absolute atomic E-state index is 0.131. The molecule has 0 spiro atoms. The summed E-state index contributed by atoms with van der Waals surface area (Å²) in [6, 6.07) is 6.34. The highest BCUT2D eigenvalue weighted by molar-refractivity contribution is 7.98. The minimum atomic E-state index is -1.62. The summed E-state index contributed by atoms with van der Waals surface area (Å²) in [5, 5.41) is 43.4. The maximum atomic E-state index is 13.0. The average Bonchev–Trinajstić information content (AvgIpc) is 3.16. The van der Waals surface area contributed by atoms with Gasteiger partial charge in [-0.2, -0.15) is 0 Å². The molecule has 1 aliphatic heterocycles. The van der Waals surface area contributed by atoms with Gasteiger partial charge in [0.15, 0.2) is 16.9 Å². The van der Waals surface area contributed by atoms with Gasteiger partial charge in [-0.15, -0.1) is 11.8 Å². The maximum Gasteiger partial charge on any atom is 0.229 e. The number of amides is 1. The van der Waals surface area contributed by atoms with Crippen molar-refractivity contribution in [1.29, 1.82) is 0 Å². The number of aliphatic hydroxyl groups is 4. The monoisotopic (exact) mass is 563 g/mol. The molecule has 1 amide bonds. The number of methoxy groups -OCH3 is 2. The molecule has 12 heteroatoms. The van der Waals surface area contributed by atoms with Crippen LogP contribution in [0.4, 0.5) is 0 Å². The summed E-state index contributed by atoms with van der Waals surface area (Å²) in [5.74, 6) is 0.350. The largest absolute Gasteiger partial charge is 0.492 e. The molecule has 212 valence electrons. The van der Waals surface area contributed by atoms with Crippen LogP contribution in [0.15, 0.2) is 34.0 Å². The lowest BCUT2D eigenvalue weighted by molar-refractivity contribution is -0.277. The van der Waals surface area contributed by atoms with E-state index in [0.29, 0.717) is 40.2 Å². The molecule has 2 aliphatic rings. The molecule has 0 unspecified atom stereocenters. The van der Waals surface area contributed by atoms with Crippen LogP contribution >= 0.6 is 11.8 Å². The minimum Gasteiger partial charge on any atom is -0.492 e. The first-order valence-corrected chi connectivity index (χ1v) is 13.6. The van der Waals surface area contributed by atoms with E-state index in [0.717, 1.165) is 5.56 Å². The van der Waals surface area contributed by atoms with Crippen LogP contribution in [-0.4, -0.2) is 84.1 Å². The Labute approximate surface area is 229 Å². The van der Waals surface area contributed by atoms with Gasteiger partial charge in [-0.25, -0.2) is 0 Å². The molecule has 11 nitrogen and oxygen atoms in total. The lowest BCUT2D eigenvalue weighted by atomic mass is 9.95. The molecule has 5 N–H and O–H groups in total. The summed E-state index contributed by atoms with van der Waals surface area (Å²) in [4.78, 5) is 25.6. The van der Waals surface area contributed by atoms with Gasteiger partial charge >= 0.3 is 0 Å². The van der Waals surface area contributed by atoms with Gasteiger partial charge < -0.3 is 44.7 Å². The van der Waals surface area contributed by atoms with Crippen molar-refractivity contribution in [2.45, 2.75) is 61.4 Å². The molecule has 0 radical (unpaired) electrons. The molecule has 2 aromatic carbocycles. The smallest absolute Gasteiger partial charge is 0.229 e. The number of carbonyl (C=O) groups excluding carboxylic acids is 1. The first-order chi connectivity index (χ1) is 18.6. The Morgan fingerprint density at radius 1 is 1.10 bits per heavy atom. The van der Waals surface area contributed by atoms with E-state index < -0.39 is 43.4 Å². The molecule has 0 saturated carbocycles. The van der Waals surface area contributed by atoms with Crippen molar-refractivity contribution in [3.8, 4) is 28.4 Å². The number of aliphatic hydroxyl groups excluding tert-OH is 4. The topological polar surface area (TPSA) is 164 Å². The molecule has 1 saturated heterocycles. The van der Waals surface area contributed by atoms with Crippen molar-refractivity contribution < 1.29 is 44.2 Å². The summed E-state index contributed by atoms with van der Waals surface area (Å²) in [7, 11) is 2.87. The Balaban J connectivity index is 1.89. The van der Waals surface area contributed by atoms with Crippen molar-refractivity contribution in [1.82, 2.24) is 5.32 Å². The van der Waals surface area contributed by atoms with E-state index >= 15 is 0 Å². The van der Waals surface area contributed by atoms with Crippen LogP contribution in [0.1, 0.15) is 30.5 Å². The van der Waals surface area contributed by atoms with Gasteiger partial charge in [0.1, 0.15) is 24.4 Å². The number of benzene rings is 1. The summed E-state index contributed by atoms with van der Waals surface area (Å²) in [6.45, 7) is 0.815. The number of aryl methyl sites for hydroxylation is 1. The fourth-order valence-corrected chi connectivity index (χ4v) is 5.55. The molecular formula is C27H33NO10S. The third-order valence-electron chi connectivity index (χ3n) is 6.97. The van der Waals surface area contributed by atoms with Gasteiger partial charge in [-0.05, 0) is 54.0 Å². The van der Waals surface area contributed by atoms with Gasteiger partial charge in [0.05, 0.1) is 31.8 Å². The molecule has 0 bridgehead atoms. The molecule has 2 aromatic rings. The third kappa shape index (κ3) is 5.58. The van der Waals surface area contributed by atoms with Crippen molar-refractivity contribution in [2.75, 3.05) is 27.1 Å². The zero-order valence-corrected chi connectivity index (χ0v) is 22.9. The molecule has 39 heavy (non-hydrogen) atoms. The van der Waals surface area contributed by atoms with E-state index in [1.807, 2.05) is 12.3 Å². The number of hydrogen-bond acceptors (Lipinski definition) is 11. The predicted molar refractivity (Wildman–Crippen MR) is 142 cm³/mol. The molecular weight excluding hydrogens is 530 g/mol. The molecule has 1 heterocycles. The molecule has 1 fully saturated rings. The second kappa shape index (κ2) is 12.1. The van der Waals surface area contributed by atoms with Crippen LogP contribution in [0.25, 0.3) is 11.1 Å². The van der Waals surface area contributed by atoms with Crippen molar-refractivity contribution in [3.63, 3.8) is 0 Å². The van der Waals surface area contributed by atoms with Crippen molar-refractivity contribution >= 4 is 17.7 Å². The zero-order chi connectivity index (χ0) is 28.4. The number of ether oxygens (including phenoxy) is 4. The molecule has 6 atom stereocenters. The van der Waals surface area contributed by atoms with Gasteiger partial charge in [0.25, 0.3) is 0 Å². The number of fused-ring (bicyclic) bond motifs is 3. The van der Waals surface area contributed by atoms with Gasteiger partial charge in [-0.1, -0.05) is 6.07 Å². The number of carbonyl (C=O) groups is 1. The van der Waals surface area contributed by atoms with E-state index in [1.165, 1.54) is 32.9 Å². The quantitative estimate of drug-likeness (QED) is 0.302. The Hall–Kier alpha value is -2.87. The Bertz CT molecular complexity index is 1290. The lowest BCUT2D eigenvalue weighted by Gasteiger charge is -2.39. The molecule has 4 rings (SSSR count). The summed E-state index contributed by atoms with van der Waals surface area (Å²) < 4.78 is 23.0. The maximum absolute atomic E-state index is 13.0. The normalized spacial score (nSPS) is 26.1. The Kier molecular flexibility index (Phi) is 9.04. The van der Waals surface area contributed by atoms with Crippen LogP contribution in [0.3, 0.4) is 0 Å². The van der Waals surface area contributed by atoms with Crippen molar-refractivity contribution in [3.05, 3.63) is 45.6 Å². The first-order valence-electron chi connectivity index (χ1n) is 12.4. The van der Waals surface area contributed by atoms with Gasteiger partial charge in [0.2, 0.25) is 17.9 Å². The standard InChI is InChI=1S/C27H33NO10S/c1-12(30)28-16-7-5-13-9-18(37-27-24(34)23(33)22(32)19(11-29)38-27)25(35-2)26(36-3)21(13)14-6-8-20(39-4)17(31)10-15(14)16/h6,8-10,16,19,22-24,27,29,32-34H,5,7,11H2,1-4H3,(H,28,30)/t16-,19-,22+,23+,24+,27-/m0/s1. The van der Waals surface area contributed by atoms with Gasteiger partial charge in [-0.3, -0.25) is 9.59 Å². The van der Waals surface area contributed by atoms with E-state index in [4.69, 9.17) is 18.9 Å². The van der Waals surface area contributed by atoms with Crippen LogP contribution in [0.2, 0.25) is 0 Å². The van der Waals surface area contributed by atoms with Gasteiger partial charge in [0, 0.05) is 12.5 Å². The van der Waals surface area contributed by atoms with E-state index in [9.17, 15) is 30.0 Å². The summed E-state index contributed by atoms with van der Waals surface area (Å²) >= 11 is 1.32. The number of rotatable bonds is 7. The van der Waals surface area contributed by atoms with Crippen LogP contribution in [0.5, 0.6) is 17.2 Å². The number of nitrogens with one attached hydrogen (secondary N) is 1. The fraction of sp³-hybridized carbons (Fsp3) is 0.481. The molecule has 1 aliphatic carbocycles. The Morgan fingerprint density at radius 3 is 2.44 bits per heavy atom. The average molecular weight is 564 g/mol.